The highest BCUT2D eigenvalue weighted by molar-refractivity contribution is 7.90. The first-order valence-corrected chi connectivity index (χ1v) is 11.5. The van der Waals surface area contributed by atoms with Crippen LogP contribution in [0.4, 0.5) is 5.69 Å². The molecular weight excluding hydrogens is 424 g/mol. The number of hydrogen-bond acceptors (Lipinski definition) is 4. The molecule has 2 aromatic carbocycles. The number of nitrogens with zero attached hydrogens (tertiary/aromatic N) is 1. The molecule has 1 aromatic heterocycles. The van der Waals surface area contributed by atoms with Crippen LogP contribution in [0, 0.1) is 6.92 Å². The number of aromatic nitrogens is 1. The molecule has 0 unspecified atom stereocenters. The van der Waals surface area contributed by atoms with Crippen molar-refractivity contribution in [1.82, 2.24) is 4.57 Å². The van der Waals surface area contributed by atoms with E-state index in [9.17, 15) is 13.2 Å². The van der Waals surface area contributed by atoms with Gasteiger partial charge in [-0.25, -0.2) is 8.42 Å². The molecule has 30 heavy (non-hydrogen) atoms. The van der Waals surface area contributed by atoms with E-state index in [1.165, 1.54) is 12.1 Å². The molecule has 0 aliphatic rings. The van der Waals surface area contributed by atoms with E-state index in [-0.39, 0.29) is 10.8 Å². The first kappa shape index (κ1) is 22.1. The van der Waals surface area contributed by atoms with Gasteiger partial charge in [-0.05, 0) is 42.8 Å². The van der Waals surface area contributed by atoms with Crippen LogP contribution in [0.25, 0.3) is 11.3 Å². The van der Waals surface area contributed by atoms with Gasteiger partial charge in [-0.1, -0.05) is 29.8 Å². The monoisotopic (exact) mass is 446 g/mol. The van der Waals surface area contributed by atoms with Crippen LogP contribution in [0.3, 0.4) is 0 Å². The maximum Gasteiger partial charge on any atom is 0.257 e. The van der Waals surface area contributed by atoms with Crippen LogP contribution in [0.15, 0.2) is 59.6 Å². The molecule has 0 radical (unpaired) electrons. The molecule has 0 saturated heterocycles. The molecule has 1 N–H and O–H groups in total. The number of carbonyl (C=O) groups excluding carboxylic acids is 1. The zero-order valence-electron chi connectivity index (χ0n) is 17.0. The van der Waals surface area contributed by atoms with Crippen LogP contribution in [-0.4, -0.2) is 38.9 Å². The Morgan fingerprint density at radius 3 is 2.40 bits per heavy atom. The minimum absolute atomic E-state index is 0.198. The summed E-state index contributed by atoms with van der Waals surface area (Å²) < 4.78 is 30.4. The Bertz CT molecular complexity index is 1170. The van der Waals surface area contributed by atoms with E-state index >= 15 is 0 Å². The average molecular weight is 447 g/mol. The van der Waals surface area contributed by atoms with Gasteiger partial charge in [-0.15, -0.1) is 0 Å². The highest BCUT2D eigenvalue weighted by atomic mass is 35.5. The van der Waals surface area contributed by atoms with Crippen molar-refractivity contribution in [3.63, 3.8) is 0 Å². The molecule has 0 fully saturated rings. The smallest absolute Gasteiger partial charge is 0.257 e. The van der Waals surface area contributed by atoms with Crippen LogP contribution >= 0.6 is 11.6 Å². The van der Waals surface area contributed by atoms with E-state index in [0.717, 1.165) is 23.1 Å². The summed E-state index contributed by atoms with van der Waals surface area (Å²) in [4.78, 5) is 13.2. The minimum atomic E-state index is -3.29. The summed E-state index contributed by atoms with van der Waals surface area (Å²) in [6.07, 6.45) is 2.93. The molecule has 8 heteroatoms. The largest absolute Gasteiger partial charge is 0.383 e. The van der Waals surface area contributed by atoms with Crippen molar-refractivity contribution in [2.45, 2.75) is 18.4 Å². The number of carbonyl (C=O) groups is 1. The lowest BCUT2D eigenvalue weighted by molar-refractivity contribution is 0.102. The van der Waals surface area contributed by atoms with Crippen LogP contribution in [0.1, 0.15) is 15.9 Å². The fourth-order valence-corrected chi connectivity index (χ4v) is 4.10. The summed E-state index contributed by atoms with van der Waals surface area (Å²) in [7, 11) is -1.67. The molecule has 6 nitrogen and oxygen atoms in total. The number of amides is 1. The number of halogens is 1. The second kappa shape index (κ2) is 9.04. The summed E-state index contributed by atoms with van der Waals surface area (Å²) >= 11 is 6.41. The van der Waals surface area contributed by atoms with Gasteiger partial charge in [0.25, 0.3) is 5.91 Å². The quantitative estimate of drug-likeness (QED) is 0.582. The molecule has 0 bridgehead atoms. The van der Waals surface area contributed by atoms with E-state index in [1.54, 1.807) is 25.4 Å². The predicted octanol–water partition coefficient (Wildman–Crippen LogP) is 4.42. The summed E-state index contributed by atoms with van der Waals surface area (Å²) in [5.74, 6) is -0.288. The van der Waals surface area contributed by atoms with E-state index in [0.29, 0.717) is 29.4 Å². The number of benzene rings is 2. The summed E-state index contributed by atoms with van der Waals surface area (Å²) in [5.41, 5.74) is 3.51. The number of anilines is 1. The standard InChI is InChI=1S/C22H23ClN2O4S/c1-15-19(22(26)24-16-8-10-17(11-9-16)30(3,27)28)14-25(12-13-29-2)21(15)18-6-4-5-7-20(18)23/h4-11,14H,12-13H2,1-3H3,(H,24,26). The molecular formula is C22H23ClN2O4S. The first-order valence-electron chi connectivity index (χ1n) is 9.27. The molecule has 0 atom stereocenters. The van der Waals surface area contributed by atoms with Gasteiger partial charge in [0.05, 0.1) is 22.8 Å². The summed E-state index contributed by atoms with van der Waals surface area (Å²) in [6.45, 7) is 2.93. The van der Waals surface area contributed by atoms with Crippen molar-refractivity contribution in [2.24, 2.45) is 0 Å². The Morgan fingerprint density at radius 2 is 1.80 bits per heavy atom. The maximum atomic E-state index is 13.0. The fraction of sp³-hybridized carbons (Fsp3) is 0.227. The second-order valence-electron chi connectivity index (χ2n) is 6.93. The SMILES string of the molecule is COCCn1cc(C(=O)Nc2ccc(S(C)(=O)=O)cc2)c(C)c1-c1ccccc1Cl. The molecule has 0 aliphatic heterocycles. The maximum absolute atomic E-state index is 13.0. The Morgan fingerprint density at radius 1 is 1.13 bits per heavy atom. The van der Waals surface area contributed by atoms with Crippen molar-refractivity contribution < 1.29 is 17.9 Å². The lowest BCUT2D eigenvalue weighted by atomic mass is 10.1. The van der Waals surface area contributed by atoms with Crippen molar-refractivity contribution in [2.75, 3.05) is 25.3 Å². The number of ether oxygens (including phenoxy) is 1. The lowest BCUT2D eigenvalue weighted by Crippen LogP contribution is -2.12. The molecule has 158 valence electrons. The van der Waals surface area contributed by atoms with Crippen molar-refractivity contribution in [3.8, 4) is 11.3 Å². The molecule has 1 heterocycles. The third kappa shape index (κ3) is 4.75. The highest BCUT2D eigenvalue weighted by Gasteiger charge is 2.20. The van der Waals surface area contributed by atoms with Crippen LogP contribution < -0.4 is 5.32 Å². The summed E-state index contributed by atoms with van der Waals surface area (Å²) in [5, 5.41) is 3.43. The molecule has 0 saturated carbocycles. The van der Waals surface area contributed by atoms with Crippen LogP contribution in [0.5, 0.6) is 0 Å². The fourth-order valence-electron chi connectivity index (χ4n) is 3.25. The Balaban J connectivity index is 1.95. The number of nitrogens with one attached hydrogen (secondary N) is 1. The topological polar surface area (TPSA) is 77.4 Å². The van der Waals surface area contributed by atoms with E-state index in [4.69, 9.17) is 16.3 Å². The van der Waals surface area contributed by atoms with Gasteiger partial charge >= 0.3 is 0 Å². The van der Waals surface area contributed by atoms with Crippen molar-refractivity contribution in [3.05, 3.63) is 70.9 Å². The molecule has 1 amide bonds. The van der Waals surface area contributed by atoms with Crippen LogP contribution in [0.2, 0.25) is 5.02 Å². The first-order chi connectivity index (χ1) is 14.2. The molecule has 0 spiro atoms. The normalized spacial score (nSPS) is 11.5. The third-order valence-electron chi connectivity index (χ3n) is 4.78. The Labute approximate surface area is 181 Å². The number of sulfone groups is 1. The molecule has 3 aromatic rings. The van der Waals surface area contributed by atoms with Gasteiger partial charge in [-0.3, -0.25) is 4.79 Å². The number of methoxy groups -OCH3 is 1. The van der Waals surface area contributed by atoms with E-state index < -0.39 is 9.84 Å². The zero-order valence-corrected chi connectivity index (χ0v) is 18.5. The van der Waals surface area contributed by atoms with E-state index in [1.807, 2.05) is 35.8 Å². The van der Waals surface area contributed by atoms with Gasteiger partial charge in [0.15, 0.2) is 9.84 Å². The molecule has 3 rings (SSSR count). The number of hydrogen-bond donors (Lipinski definition) is 1. The Kier molecular flexibility index (Phi) is 6.65. The second-order valence-corrected chi connectivity index (χ2v) is 9.36. The van der Waals surface area contributed by atoms with Crippen molar-refractivity contribution in [1.29, 1.82) is 0 Å². The lowest BCUT2D eigenvalue weighted by Gasteiger charge is -2.11. The van der Waals surface area contributed by atoms with Gasteiger partial charge in [0.1, 0.15) is 0 Å². The number of rotatable bonds is 7. The van der Waals surface area contributed by atoms with Crippen molar-refractivity contribution >= 4 is 33.0 Å². The van der Waals surface area contributed by atoms with Gasteiger partial charge in [-0.2, -0.15) is 0 Å². The average Bonchev–Trinajstić information content (AvgIpc) is 3.02. The Hall–Kier alpha value is -2.61. The zero-order chi connectivity index (χ0) is 21.9. The van der Waals surface area contributed by atoms with E-state index in [2.05, 4.69) is 5.32 Å². The summed E-state index contributed by atoms with van der Waals surface area (Å²) in [6, 6.07) is 13.6. The molecule has 0 aliphatic carbocycles. The minimum Gasteiger partial charge on any atom is -0.383 e. The van der Waals surface area contributed by atoms with Crippen LogP contribution in [-0.2, 0) is 21.1 Å². The van der Waals surface area contributed by atoms with Gasteiger partial charge in [0, 0.05) is 42.4 Å². The van der Waals surface area contributed by atoms with Gasteiger partial charge in [0.2, 0.25) is 0 Å². The third-order valence-corrected chi connectivity index (χ3v) is 6.24. The highest BCUT2D eigenvalue weighted by Crippen LogP contribution is 2.33. The predicted molar refractivity (Wildman–Crippen MR) is 119 cm³/mol. The van der Waals surface area contributed by atoms with Gasteiger partial charge < -0.3 is 14.6 Å².